The van der Waals surface area contributed by atoms with Gasteiger partial charge in [0.25, 0.3) is 0 Å². The summed E-state index contributed by atoms with van der Waals surface area (Å²) in [6, 6.07) is 8.05. The molecule has 4 unspecified atom stereocenters. The zero-order valence-corrected chi connectivity index (χ0v) is 18.5. The molecule has 1 aliphatic heterocycles. The predicted octanol–water partition coefficient (Wildman–Crippen LogP) is 5.36. The molecule has 150 valence electrons. The second-order valence-electron chi connectivity index (χ2n) is 9.02. The fourth-order valence-electron chi connectivity index (χ4n) is 4.10. The van der Waals surface area contributed by atoms with Crippen molar-refractivity contribution < 1.29 is 9.35 Å². The number of halogens is 1. The van der Waals surface area contributed by atoms with Crippen molar-refractivity contribution in [2.24, 2.45) is 11.8 Å². The van der Waals surface area contributed by atoms with Gasteiger partial charge in [0.15, 0.2) is 0 Å². The van der Waals surface area contributed by atoms with Gasteiger partial charge in [-0.1, -0.05) is 30.7 Å². The van der Waals surface area contributed by atoms with E-state index >= 15 is 0 Å². The van der Waals surface area contributed by atoms with Crippen molar-refractivity contribution in [2.45, 2.75) is 76.6 Å². The van der Waals surface area contributed by atoms with E-state index in [1.165, 1.54) is 0 Å². The molecule has 5 heteroatoms. The third-order valence-corrected chi connectivity index (χ3v) is 8.27. The Labute approximate surface area is 172 Å². The molecule has 0 spiro atoms. The Balaban J connectivity index is 1.92. The highest BCUT2D eigenvalue weighted by Crippen LogP contribution is 2.44. The molecule has 1 heterocycles. The van der Waals surface area contributed by atoms with E-state index in [4.69, 9.17) is 11.6 Å². The van der Waals surface area contributed by atoms with Crippen molar-refractivity contribution in [3.05, 3.63) is 34.9 Å². The molecular formula is C22H32ClNO2S. The summed E-state index contributed by atoms with van der Waals surface area (Å²) in [4.78, 5) is 15.5. The first-order valence-corrected chi connectivity index (χ1v) is 11.9. The highest BCUT2D eigenvalue weighted by Gasteiger charge is 2.47. The molecule has 1 aromatic rings. The summed E-state index contributed by atoms with van der Waals surface area (Å²) in [5, 5.41) is 0.714. The van der Waals surface area contributed by atoms with Crippen LogP contribution in [0.1, 0.15) is 71.4 Å². The lowest BCUT2D eigenvalue weighted by molar-refractivity contribution is -0.145. The summed E-state index contributed by atoms with van der Waals surface area (Å²) in [6.07, 6.45) is 5.05. The van der Waals surface area contributed by atoms with Crippen molar-refractivity contribution >= 4 is 28.7 Å². The van der Waals surface area contributed by atoms with Crippen molar-refractivity contribution in [3.63, 3.8) is 0 Å². The zero-order valence-electron chi connectivity index (χ0n) is 16.9. The second kappa shape index (κ2) is 8.34. The van der Waals surface area contributed by atoms with Crippen LogP contribution in [0, 0.1) is 11.8 Å². The third kappa shape index (κ3) is 4.83. The van der Waals surface area contributed by atoms with Gasteiger partial charge in [-0.05, 0) is 87.7 Å². The molecule has 27 heavy (non-hydrogen) atoms. The van der Waals surface area contributed by atoms with Gasteiger partial charge in [0, 0.05) is 10.9 Å². The summed E-state index contributed by atoms with van der Waals surface area (Å²) in [6.45, 7) is 8.17. The average Bonchev–Trinajstić information content (AvgIpc) is 3.44. The van der Waals surface area contributed by atoms with Crippen LogP contribution in [0.15, 0.2) is 24.3 Å². The highest BCUT2D eigenvalue weighted by molar-refractivity contribution is 7.92. The average molecular weight is 410 g/mol. The molecule has 1 saturated carbocycles. The molecule has 0 N–H and O–H groups in total. The van der Waals surface area contributed by atoms with Gasteiger partial charge >= 0.3 is 0 Å². The van der Waals surface area contributed by atoms with Crippen molar-refractivity contribution in [3.8, 4) is 0 Å². The molecule has 3 rings (SSSR count). The number of hydrogen-bond donors (Lipinski definition) is 0. The first-order chi connectivity index (χ1) is 12.7. The van der Waals surface area contributed by atoms with Crippen LogP contribution in [0.5, 0.6) is 0 Å². The maximum absolute atomic E-state index is 13.4. The van der Waals surface area contributed by atoms with Crippen LogP contribution in [-0.4, -0.2) is 31.9 Å². The van der Waals surface area contributed by atoms with Gasteiger partial charge in [0.1, 0.15) is 10.5 Å². The monoisotopic (exact) mass is 409 g/mol. The molecule has 1 amide bonds. The van der Waals surface area contributed by atoms with Crippen LogP contribution >= 0.6 is 11.6 Å². The fourth-order valence-corrected chi connectivity index (χ4v) is 5.47. The van der Waals surface area contributed by atoms with Crippen LogP contribution < -0.4 is 0 Å². The molecule has 1 aliphatic carbocycles. The maximum Gasteiger partial charge on any atom is 0.226 e. The van der Waals surface area contributed by atoms with Crippen molar-refractivity contribution in [2.75, 3.05) is 5.75 Å². The minimum atomic E-state index is -0.968. The summed E-state index contributed by atoms with van der Waals surface area (Å²) in [7, 11) is 0. The lowest BCUT2D eigenvalue weighted by Gasteiger charge is -2.45. The van der Waals surface area contributed by atoms with Gasteiger partial charge in [-0.3, -0.25) is 4.79 Å². The Bertz CT molecular complexity index is 653. The predicted molar refractivity (Wildman–Crippen MR) is 113 cm³/mol. The van der Waals surface area contributed by atoms with Crippen molar-refractivity contribution in [1.82, 2.24) is 4.90 Å². The quantitative estimate of drug-likeness (QED) is 0.594. The number of amides is 1. The lowest BCUT2D eigenvalue weighted by atomic mass is 9.85. The van der Waals surface area contributed by atoms with E-state index in [-0.39, 0.29) is 28.7 Å². The Morgan fingerprint density at radius 3 is 2.33 bits per heavy atom. The zero-order chi connectivity index (χ0) is 19.8. The van der Waals surface area contributed by atoms with E-state index in [0.717, 1.165) is 37.7 Å². The number of hydrogen-bond acceptors (Lipinski definition) is 2. The van der Waals surface area contributed by atoms with E-state index in [1.807, 2.05) is 45.0 Å². The van der Waals surface area contributed by atoms with Gasteiger partial charge in [-0.15, -0.1) is 0 Å². The van der Waals surface area contributed by atoms with Gasteiger partial charge in [0.2, 0.25) is 5.91 Å². The molecule has 2 aliphatic rings. The molecule has 0 aromatic heterocycles. The Hall–Kier alpha value is -0.710. The first-order valence-electron chi connectivity index (χ1n) is 10.2. The first kappa shape index (κ1) is 21.0. The summed E-state index contributed by atoms with van der Waals surface area (Å²) < 4.78 is 12.7. The molecule has 0 radical (unpaired) electrons. The van der Waals surface area contributed by atoms with E-state index in [9.17, 15) is 9.35 Å². The van der Waals surface area contributed by atoms with Gasteiger partial charge in [-0.25, -0.2) is 0 Å². The van der Waals surface area contributed by atoms with Crippen LogP contribution in [0.3, 0.4) is 0 Å². The van der Waals surface area contributed by atoms with E-state index in [2.05, 4.69) is 11.8 Å². The summed E-state index contributed by atoms with van der Waals surface area (Å²) in [5.41, 5.74) is 1.15. The molecule has 2 fully saturated rings. The summed E-state index contributed by atoms with van der Waals surface area (Å²) in [5.74, 6) is 1.43. The Kier molecular flexibility index (Phi) is 6.49. The topological polar surface area (TPSA) is 43.4 Å². The Morgan fingerprint density at radius 1 is 1.19 bits per heavy atom. The van der Waals surface area contributed by atoms with Crippen LogP contribution in [-0.2, 0) is 16.0 Å². The molecule has 3 nitrogen and oxygen atoms in total. The number of piperidine rings is 1. The minimum absolute atomic E-state index is 0.0696. The fraction of sp³-hybridized carbons (Fsp3) is 0.682. The largest absolute Gasteiger partial charge is 0.616 e. The number of nitrogens with zero attached hydrogens (tertiary/aromatic N) is 1. The van der Waals surface area contributed by atoms with E-state index < -0.39 is 11.2 Å². The normalized spacial score (nSPS) is 26.1. The second-order valence-corrected chi connectivity index (χ2v) is 11.7. The number of likely N-dealkylation sites (tertiary alicyclic amines) is 1. The smallest absolute Gasteiger partial charge is 0.226 e. The van der Waals surface area contributed by atoms with Crippen LogP contribution in [0.4, 0.5) is 0 Å². The standard InChI is InChI=1S/C22H32ClNO2S/c1-5-15-10-13-19(16-8-11-18(23)12-9-16)24(21(15)25)20(17-6-7-17)14-27(26)22(2,3)4/h8-9,11-12,15,17,19-20H,5-7,10,13-14H2,1-4H3. The number of carbonyl (C=O) groups excluding carboxylic acids is 1. The van der Waals surface area contributed by atoms with Gasteiger partial charge in [-0.2, -0.15) is 0 Å². The van der Waals surface area contributed by atoms with Gasteiger partial charge in [0.05, 0.1) is 12.1 Å². The van der Waals surface area contributed by atoms with E-state index in [1.54, 1.807) is 0 Å². The number of carbonyl (C=O) groups is 1. The SMILES string of the molecule is CCC1CCC(c2ccc(Cl)cc2)N(C(C[S+]([O-])C(C)(C)C)C2CC2)C1=O. The number of rotatable bonds is 6. The molecule has 1 saturated heterocycles. The Morgan fingerprint density at radius 2 is 1.81 bits per heavy atom. The summed E-state index contributed by atoms with van der Waals surface area (Å²) >= 11 is 5.11. The molecule has 0 bridgehead atoms. The highest BCUT2D eigenvalue weighted by atomic mass is 35.5. The number of benzene rings is 1. The third-order valence-electron chi connectivity index (χ3n) is 6.00. The van der Waals surface area contributed by atoms with Gasteiger partial charge < -0.3 is 9.45 Å². The molecular weight excluding hydrogens is 378 g/mol. The van der Waals surface area contributed by atoms with E-state index in [0.29, 0.717) is 16.7 Å². The maximum atomic E-state index is 13.4. The molecule has 4 atom stereocenters. The molecule has 1 aromatic carbocycles. The minimum Gasteiger partial charge on any atom is -0.616 e. The van der Waals surface area contributed by atoms with Crippen LogP contribution in [0.2, 0.25) is 5.02 Å². The van der Waals surface area contributed by atoms with Crippen LogP contribution in [0.25, 0.3) is 0 Å². The lowest BCUT2D eigenvalue weighted by Crippen LogP contribution is -2.53. The van der Waals surface area contributed by atoms with Crippen molar-refractivity contribution in [1.29, 1.82) is 0 Å².